The van der Waals surface area contributed by atoms with E-state index in [1.165, 1.54) is 31.3 Å². The van der Waals surface area contributed by atoms with Crippen molar-refractivity contribution in [1.82, 2.24) is 0 Å². The van der Waals surface area contributed by atoms with Gasteiger partial charge in [0.1, 0.15) is 0 Å². The average Bonchev–Trinajstić information content (AvgIpc) is 2.08. The molecule has 0 spiro atoms. The molecule has 0 aromatic carbocycles. The van der Waals surface area contributed by atoms with Crippen molar-refractivity contribution in [3.05, 3.63) is 11.6 Å². The van der Waals surface area contributed by atoms with E-state index < -0.39 is 0 Å². The van der Waals surface area contributed by atoms with Crippen LogP contribution in [0.1, 0.15) is 67.2 Å². The van der Waals surface area contributed by atoms with E-state index in [0.29, 0.717) is 0 Å². The Hall–Kier alpha value is -0.260. The van der Waals surface area contributed by atoms with Gasteiger partial charge in [0.2, 0.25) is 0 Å². The van der Waals surface area contributed by atoms with Crippen LogP contribution in [0.4, 0.5) is 0 Å². The van der Waals surface area contributed by atoms with Crippen LogP contribution in [-0.4, -0.2) is 0 Å². The highest BCUT2D eigenvalue weighted by atomic mass is 14.0. The largest absolute Gasteiger partial charge is 0.0859 e. The fourth-order valence-electron chi connectivity index (χ4n) is 1.29. The summed E-state index contributed by atoms with van der Waals surface area (Å²) in [4.78, 5) is 0. The molecule has 0 aromatic rings. The van der Waals surface area contributed by atoms with Gasteiger partial charge in [-0.05, 0) is 32.6 Å². The molecule has 0 aromatic heterocycles. The van der Waals surface area contributed by atoms with E-state index in [1.807, 2.05) is 13.8 Å². The first-order valence-corrected chi connectivity index (χ1v) is 5.80. The van der Waals surface area contributed by atoms with E-state index in [4.69, 9.17) is 0 Å². The molecule has 0 amide bonds. The standard InChI is InChI=1S/C11H22.C2H6/c1-5-7-11(4)9-6-8-10(2)3;1-2/h8,11H,5-7,9H2,1-4H3;1-2H3. The molecule has 0 radical (unpaired) electrons. The van der Waals surface area contributed by atoms with Crippen molar-refractivity contribution in [3.8, 4) is 0 Å². The Morgan fingerprint density at radius 1 is 1.15 bits per heavy atom. The molecule has 0 aliphatic heterocycles. The third kappa shape index (κ3) is 14.6. The van der Waals surface area contributed by atoms with Crippen LogP contribution >= 0.6 is 0 Å². The van der Waals surface area contributed by atoms with Gasteiger partial charge in [-0.1, -0.05) is 52.2 Å². The minimum atomic E-state index is 0.913. The van der Waals surface area contributed by atoms with Crippen LogP contribution in [0.15, 0.2) is 11.6 Å². The van der Waals surface area contributed by atoms with Gasteiger partial charge in [-0.25, -0.2) is 0 Å². The molecule has 0 N–H and O–H groups in total. The molecule has 0 nitrogen and oxygen atoms in total. The first-order valence-electron chi connectivity index (χ1n) is 5.80. The summed E-state index contributed by atoms with van der Waals surface area (Å²) in [7, 11) is 0. The van der Waals surface area contributed by atoms with E-state index >= 15 is 0 Å². The Morgan fingerprint density at radius 3 is 2.08 bits per heavy atom. The Morgan fingerprint density at radius 2 is 1.69 bits per heavy atom. The smallest absolute Gasteiger partial charge is 0.0346 e. The molecule has 80 valence electrons. The van der Waals surface area contributed by atoms with Crippen LogP contribution in [0, 0.1) is 5.92 Å². The number of allylic oxidation sites excluding steroid dienone is 2. The zero-order chi connectivity index (χ0) is 10.7. The van der Waals surface area contributed by atoms with Crippen LogP contribution in [0.2, 0.25) is 0 Å². The minimum Gasteiger partial charge on any atom is -0.0859 e. The van der Waals surface area contributed by atoms with Crippen LogP contribution < -0.4 is 0 Å². The normalized spacial score (nSPS) is 11.2. The maximum absolute atomic E-state index is 2.35. The van der Waals surface area contributed by atoms with Gasteiger partial charge in [-0.3, -0.25) is 0 Å². The van der Waals surface area contributed by atoms with Gasteiger partial charge in [-0.2, -0.15) is 0 Å². The Labute approximate surface area is 85.4 Å². The maximum Gasteiger partial charge on any atom is -0.0346 e. The molecule has 0 aliphatic carbocycles. The van der Waals surface area contributed by atoms with Gasteiger partial charge >= 0.3 is 0 Å². The summed E-state index contributed by atoms with van der Waals surface area (Å²) in [6.07, 6.45) is 7.68. The van der Waals surface area contributed by atoms with Crippen LogP contribution in [-0.2, 0) is 0 Å². The summed E-state index contributed by atoms with van der Waals surface area (Å²) in [6, 6.07) is 0. The molecule has 13 heavy (non-hydrogen) atoms. The zero-order valence-corrected chi connectivity index (χ0v) is 10.5. The highest BCUT2D eigenvalue weighted by Crippen LogP contribution is 2.12. The summed E-state index contributed by atoms with van der Waals surface area (Å²) in [5.74, 6) is 0.913. The van der Waals surface area contributed by atoms with Gasteiger partial charge in [0, 0.05) is 0 Å². The highest BCUT2D eigenvalue weighted by Gasteiger charge is 1.97. The first-order chi connectivity index (χ1) is 6.16. The van der Waals surface area contributed by atoms with Crippen molar-refractivity contribution in [2.45, 2.75) is 67.2 Å². The lowest BCUT2D eigenvalue weighted by molar-refractivity contribution is 0.490. The lowest BCUT2D eigenvalue weighted by atomic mass is 10.00. The second kappa shape index (κ2) is 11.7. The van der Waals surface area contributed by atoms with Gasteiger partial charge < -0.3 is 0 Å². The molecule has 0 heteroatoms. The predicted molar refractivity (Wildman–Crippen MR) is 64.1 cm³/mol. The van der Waals surface area contributed by atoms with Crippen LogP contribution in [0.25, 0.3) is 0 Å². The summed E-state index contributed by atoms with van der Waals surface area (Å²) < 4.78 is 0. The fourth-order valence-corrected chi connectivity index (χ4v) is 1.29. The predicted octanol–water partition coefficient (Wildman–Crippen LogP) is 5.20. The van der Waals surface area contributed by atoms with E-state index in [-0.39, 0.29) is 0 Å². The quantitative estimate of drug-likeness (QED) is 0.515. The van der Waals surface area contributed by atoms with E-state index in [2.05, 4.69) is 33.8 Å². The third-order valence-electron chi connectivity index (χ3n) is 1.99. The molecule has 0 fully saturated rings. The molecule has 0 rings (SSSR count). The molecule has 0 bridgehead atoms. The van der Waals surface area contributed by atoms with Gasteiger partial charge in [0.25, 0.3) is 0 Å². The summed E-state index contributed by atoms with van der Waals surface area (Å²) >= 11 is 0. The number of rotatable bonds is 5. The third-order valence-corrected chi connectivity index (χ3v) is 1.99. The summed E-state index contributed by atoms with van der Waals surface area (Å²) in [6.45, 7) is 13.0. The summed E-state index contributed by atoms with van der Waals surface area (Å²) in [5.41, 5.74) is 1.45. The van der Waals surface area contributed by atoms with Crippen molar-refractivity contribution in [2.75, 3.05) is 0 Å². The first kappa shape index (κ1) is 15.2. The second-order valence-corrected chi connectivity index (χ2v) is 3.75. The molecule has 0 saturated carbocycles. The van der Waals surface area contributed by atoms with Gasteiger partial charge in [0.15, 0.2) is 0 Å². The minimum absolute atomic E-state index is 0.913. The Balaban J connectivity index is 0. The monoisotopic (exact) mass is 184 g/mol. The van der Waals surface area contributed by atoms with Crippen molar-refractivity contribution >= 4 is 0 Å². The van der Waals surface area contributed by atoms with Gasteiger partial charge in [-0.15, -0.1) is 0 Å². The molecular formula is C13H28. The molecule has 0 saturated heterocycles. The lowest BCUT2D eigenvalue weighted by Crippen LogP contribution is -1.92. The molecule has 1 unspecified atom stereocenters. The lowest BCUT2D eigenvalue weighted by Gasteiger charge is -2.06. The number of hydrogen-bond donors (Lipinski definition) is 0. The molecule has 0 aliphatic rings. The van der Waals surface area contributed by atoms with Crippen molar-refractivity contribution in [2.24, 2.45) is 5.92 Å². The molecule has 0 heterocycles. The topological polar surface area (TPSA) is 0 Å². The average molecular weight is 184 g/mol. The van der Waals surface area contributed by atoms with E-state index in [1.54, 1.807) is 0 Å². The van der Waals surface area contributed by atoms with Gasteiger partial charge in [0.05, 0.1) is 0 Å². The second-order valence-electron chi connectivity index (χ2n) is 3.75. The van der Waals surface area contributed by atoms with Crippen LogP contribution in [0.3, 0.4) is 0 Å². The fraction of sp³-hybridized carbons (Fsp3) is 0.846. The van der Waals surface area contributed by atoms with Crippen LogP contribution in [0.5, 0.6) is 0 Å². The van der Waals surface area contributed by atoms with Crippen molar-refractivity contribution in [3.63, 3.8) is 0 Å². The Bertz CT molecular complexity index is 107. The zero-order valence-electron chi connectivity index (χ0n) is 10.5. The number of hydrogen-bond acceptors (Lipinski definition) is 0. The highest BCUT2D eigenvalue weighted by molar-refractivity contribution is 4.92. The molecular weight excluding hydrogens is 156 g/mol. The summed E-state index contributed by atoms with van der Waals surface area (Å²) in [5, 5.41) is 0. The van der Waals surface area contributed by atoms with Crippen molar-refractivity contribution in [1.29, 1.82) is 0 Å². The van der Waals surface area contributed by atoms with E-state index in [0.717, 1.165) is 5.92 Å². The molecule has 1 atom stereocenters. The van der Waals surface area contributed by atoms with E-state index in [9.17, 15) is 0 Å². The SMILES string of the molecule is CC.CCCC(C)CCC=C(C)C. The maximum atomic E-state index is 2.35. The van der Waals surface area contributed by atoms with Crippen molar-refractivity contribution < 1.29 is 0 Å². The Kier molecular flexibility index (Phi) is 13.7.